The van der Waals surface area contributed by atoms with E-state index in [1.165, 1.54) is 12.0 Å². The third-order valence-corrected chi connectivity index (χ3v) is 4.54. The van der Waals surface area contributed by atoms with Gasteiger partial charge in [-0.25, -0.2) is 0 Å². The lowest BCUT2D eigenvalue weighted by atomic mass is 9.99. The van der Waals surface area contributed by atoms with Crippen molar-refractivity contribution in [3.8, 4) is 5.75 Å². The van der Waals surface area contributed by atoms with Gasteiger partial charge < -0.3 is 14.8 Å². The van der Waals surface area contributed by atoms with Gasteiger partial charge in [0.15, 0.2) is 0 Å². The van der Waals surface area contributed by atoms with Gasteiger partial charge in [-0.15, -0.1) is 0 Å². The van der Waals surface area contributed by atoms with E-state index in [9.17, 15) is 0 Å². The standard InChI is InChI=1S/C16H24BrNO2/c1-3-8-18-15(16-5-4-9-20-16)11-12-10-13(19-2)6-7-14(12)17/h6-7,10,15-16,18H,3-5,8-9,11H2,1-2H3. The van der Waals surface area contributed by atoms with Crippen LogP contribution in [0, 0.1) is 0 Å². The summed E-state index contributed by atoms with van der Waals surface area (Å²) in [4.78, 5) is 0. The number of rotatable bonds is 7. The van der Waals surface area contributed by atoms with E-state index in [1.807, 2.05) is 6.07 Å². The Kier molecular flexibility index (Phi) is 6.33. The first kappa shape index (κ1) is 15.8. The SMILES string of the molecule is CCCNC(Cc1cc(OC)ccc1Br)C1CCCO1. The summed E-state index contributed by atoms with van der Waals surface area (Å²) in [5.41, 5.74) is 1.27. The van der Waals surface area contributed by atoms with Crippen LogP contribution in [-0.2, 0) is 11.2 Å². The largest absolute Gasteiger partial charge is 0.497 e. The molecule has 1 N–H and O–H groups in total. The highest BCUT2D eigenvalue weighted by Crippen LogP contribution is 2.26. The lowest BCUT2D eigenvalue weighted by molar-refractivity contribution is 0.0783. The summed E-state index contributed by atoms with van der Waals surface area (Å²) < 4.78 is 12.3. The quantitative estimate of drug-likeness (QED) is 0.822. The van der Waals surface area contributed by atoms with Crippen LogP contribution in [0.15, 0.2) is 22.7 Å². The van der Waals surface area contributed by atoms with E-state index < -0.39 is 0 Å². The minimum Gasteiger partial charge on any atom is -0.497 e. The Balaban J connectivity index is 2.09. The van der Waals surface area contributed by atoms with Crippen LogP contribution in [0.3, 0.4) is 0 Å². The van der Waals surface area contributed by atoms with Crippen molar-refractivity contribution in [1.82, 2.24) is 5.32 Å². The summed E-state index contributed by atoms with van der Waals surface area (Å²) in [6.45, 7) is 4.13. The zero-order valence-corrected chi connectivity index (χ0v) is 13.9. The number of ether oxygens (including phenoxy) is 2. The molecule has 1 saturated heterocycles. The highest BCUT2D eigenvalue weighted by atomic mass is 79.9. The van der Waals surface area contributed by atoms with E-state index in [0.717, 1.165) is 42.6 Å². The Labute approximate surface area is 130 Å². The zero-order chi connectivity index (χ0) is 14.4. The molecule has 2 atom stereocenters. The molecule has 0 amide bonds. The normalized spacial score (nSPS) is 20.1. The van der Waals surface area contributed by atoms with Gasteiger partial charge in [0.2, 0.25) is 0 Å². The average molecular weight is 342 g/mol. The van der Waals surface area contributed by atoms with Crippen LogP contribution in [0.5, 0.6) is 5.75 Å². The molecule has 0 saturated carbocycles. The number of hydrogen-bond donors (Lipinski definition) is 1. The molecule has 1 fully saturated rings. The van der Waals surface area contributed by atoms with Crippen molar-refractivity contribution in [3.63, 3.8) is 0 Å². The highest BCUT2D eigenvalue weighted by molar-refractivity contribution is 9.10. The number of nitrogens with one attached hydrogen (secondary N) is 1. The van der Waals surface area contributed by atoms with Gasteiger partial charge in [-0.05, 0) is 56.0 Å². The minimum absolute atomic E-state index is 0.333. The summed E-state index contributed by atoms with van der Waals surface area (Å²) in [7, 11) is 1.71. The third kappa shape index (κ3) is 4.21. The molecule has 0 bridgehead atoms. The van der Waals surface area contributed by atoms with E-state index >= 15 is 0 Å². The van der Waals surface area contributed by atoms with Crippen molar-refractivity contribution in [2.24, 2.45) is 0 Å². The van der Waals surface area contributed by atoms with E-state index in [-0.39, 0.29) is 0 Å². The fraction of sp³-hybridized carbons (Fsp3) is 0.625. The summed E-state index contributed by atoms with van der Waals surface area (Å²) in [5.74, 6) is 0.907. The van der Waals surface area contributed by atoms with Gasteiger partial charge in [0.05, 0.1) is 13.2 Å². The zero-order valence-electron chi connectivity index (χ0n) is 12.3. The van der Waals surface area contributed by atoms with Gasteiger partial charge in [-0.1, -0.05) is 22.9 Å². The van der Waals surface area contributed by atoms with Crippen LogP contribution in [0.1, 0.15) is 31.7 Å². The fourth-order valence-corrected chi connectivity index (χ4v) is 3.06. The second kappa shape index (κ2) is 8.01. The Bertz CT molecular complexity index is 419. The number of benzene rings is 1. The Morgan fingerprint density at radius 1 is 1.50 bits per heavy atom. The monoisotopic (exact) mass is 341 g/mol. The molecule has 2 unspecified atom stereocenters. The van der Waals surface area contributed by atoms with Crippen molar-refractivity contribution in [3.05, 3.63) is 28.2 Å². The maximum Gasteiger partial charge on any atom is 0.119 e. The van der Waals surface area contributed by atoms with Crippen molar-refractivity contribution in [1.29, 1.82) is 0 Å². The second-order valence-electron chi connectivity index (χ2n) is 5.27. The molecule has 0 spiro atoms. The predicted molar refractivity (Wildman–Crippen MR) is 85.5 cm³/mol. The molecule has 1 aromatic rings. The van der Waals surface area contributed by atoms with Gasteiger partial charge in [-0.2, -0.15) is 0 Å². The first-order valence-electron chi connectivity index (χ1n) is 7.42. The third-order valence-electron chi connectivity index (χ3n) is 3.76. The molecule has 0 aliphatic carbocycles. The van der Waals surface area contributed by atoms with Crippen molar-refractivity contribution >= 4 is 15.9 Å². The molecule has 112 valence electrons. The molecule has 4 heteroatoms. The minimum atomic E-state index is 0.333. The molecule has 0 radical (unpaired) electrons. The van der Waals surface area contributed by atoms with Crippen molar-refractivity contribution < 1.29 is 9.47 Å². The maximum atomic E-state index is 5.87. The number of halogens is 1. The summed E-state index contributed by atoms with van der Waals surface area (Å²) in [6, 6.07) is 6.52. The van der Waals surface area contributed by atoms with E-state index in [4.69, 9.17) is 9.47 Å². The molecule has 20 heavy (non-hydrogen) atoms. The topological polar surface area (TPSA) is 30.5 Å². The van der Waals surface area contributed by atoms with E-state index in [0.29, 0.717) is 12.1 Å². The van der Waals surface area contributed by atoms with Gasteiger partial charge in [0.25, 0.3) is 0 Å². The molecule has 1 aliphatic heterocycles. The predicted octanol–water partition coefficient (Wildman–Crippen LogP) is 3.55. The van der Waals surface area contributed by atoms with Crippen molar-refractivity contribution in [2.75, 3.05) is 20.3 Å². The Hall–Kier alpha value is -0.580. The van der Waals surface area contributed by atoms with Gasteiger partial charge >= 0.3 is 0 Å². The van der Waals surface area contributed by atoms with Crippen LogP contribution in [0.25, 0.3) is 0 Å². The van der Waals surface area contributed by atoms with Gasteiger partial charge in [-0.3, -0.25) is 0 Å². The number of hydrogen-bond acceptors (Lipinski definition) is 3. The number of methoxy groups -OCH3 is 1. The van der Waals surface area contributed by atoms with E-state index in [2.05, 4.69) is 40.3 Å². The summed E-state index contributed by atoms with van der Waals surface area (Å²) >= 11 is 3.64. The van der Waals surface area contributed by atoms with E-state index in [1.54, 1.807) is 7.11 Å². The summed E-state index contributed by atoms with van der Waals surface area (Å²) in [5, 5.41) is 3.64. The molecule has 1 aromatic carbocycles. The van der Waals surface area contributed by atoms with Crippen LogP contribution in [0.4, 0.5) is 0 Å². The molecule has 3 nitrogen and oxygen atoms in total. The van der Waals surface area contributed by atoms with Crippen LogP contribution in [-0.4, -0.2) is 32.4 Å². The second-order valence-corrected chi connectivity index (χ2v) is 6.13. The smallest absolute Gasteiger partial charge is 0.119 e. The molecule has 2 rings (SSSR count). The van der Waals surface area contributed by atoms with Crippen LogP contribution >= 0.6 is 15.9 Å². The molecule has 1 aliphatic rings. The van der Waals surface area contributed by atoms with Gasteiger partial charge in [0, 0.05) is 17.1 Å². The molecule has 0 aromatic heterocycles. The van der Waals surface area contributed by atoms with Crippen LogP contribution in [0.2, 0.25) is 0 Å². The highest BCUT2D eigenvalue weighted by Gasteiger charge is 2.26. The lowest BCUT2D eigenvalue weighted by Crippen LogP contribution is -2.41. The average Bonchev–Trinajstić information content (AvgIpc) is 2.99. The first-order chi connectivity index (χ1) is 9.74. The Morgan fingerprint density at radius 2 is 2.35 bits per heavy atom. The van der Waals surface area contributed by atoms with Crippen LogP contribution < -0.4 is 10.1 Å². The summed E-state index contributed by atoms with van der Waals surface area (Å²) in [6.07, 6.45) is 4.77. The Morgan fingerprint density at radius 3 is 3.00 bits per heavy atom. The maximum absolute atomic E-state index is 5.87. The molecule has 1 heterocycles. The van der Waals surface area contributed by atoms with Gasteiger partial charge in [0.1, 0.15) is 5.75 Å². The first-order valence-corrected chi connectivity index (χ1v) is 8.21. The lowest BCUT2D eigenvalue weighted by Gasteiger charge is -2.25. The fourth-order valence-electron chi connectivity index (χ4n) is 2.66. The van der Waals surface area contributed by atoms with Crippen molar-refractivity contribution in [2.45, 2.75) is 44.8 Å². The molecular formula is C16H24BrNO2. The molecular weight excluding hydrogens is 318 g/mol.